The lowest BCUT2D eigenvalue weighted by molar-refractivity contribution is -0.129. The van der Waals surface area contributed by atoms with Gasteiger partial charge in [-0.3, -0.25) is 0 Å². The third kappa shape index (κ3) is 3.37. The van der Waals surface area contributed by atoms with Gasteiger partial charge in [-0.2, -0.15) is 11.8 Å². The van der Waals surface area contributed by atoms with Crippen LogP contribution in [0.15, 0.2) is 4.99 Å². The first-order chi connectivity index (χ1) is 8.91. The van der Waals surface area contributed by atoms with E-state index in [-0.39, 0.29) is 11.5 Å². The van der Waals surface area contributed by atoms with Gasteiger partial charge < -0.3 is 15.4 Å². The Hall–Kier alpha value is -0.420. The Morgan fingerprint density at radius 1 is 1.37 bits per heavy atom. The van der Waals surface area contributed by atoms with Crippen LogP contribution in [0.25, 0.3) is 0 Å². The van der Waals surface area contributed by atoms with Crippen LogP contribution >= 0.6 is 11.8 Å². The molecule has 0 aromatic rings. The summed E-state index contributed by atoms with van der Waals surface area (Å²) in [5, 5.41) is 0. The molecule has 4 nitrogen and oxygen atoms in total. The molecule has 0 amide bonds. The van der Waals surface area contributed by atoms with Gasteiger partial charge in [0.2, 0.25) is 0 Å². The van der Waals surface area contributed by atoms with E-state index in [1.165, 1.54) is 0 Å². The van der Waals surface area contributed by atoms with E-state index in [4.69, 9.17) is 15.5 Å². The smallest absolute Gasteiger partial charge is 0.191 e. The number of nitrogens with two attached hydrogens (primary N) is 1. The topological polar surface area (TPSA) is 50.9 Å². The first-order valence-electron chi connectivity index (χ1n) is 7.22. The van der Waals surface area contributed by atoms with Gasteiger partial charge in [-0.25, -0.2) is 4.99 Å². The summed E-state index contributed by atoms with van der Waals surface area (Å²) in [6.45, 7) is 10.7. The molecule has 1 aliphatic carbocycles. The second kappa shape index (κ2) is 5.92. The highest BCUT2D eigenvalue weighted by Gasteiger charge is 2.49. The van der Waals surface area contributed by atoms with Crippen LogP contribution in [0.2, 0.25) is 0 Å². The van der Waals surface area contributed by atoms with Crippen molar-refractivity contribution in [2.24, 2.45) is 16.1 Å². The van der Waals surface area contributed by atoms with Crippen LogP contribution in [-0.4, -0.2) is 53.7 Å². The number of ether oxygens (including phenoxy) is 1. The maximum absolute atomic E-state index is 6.15. The van der Waals surface area contributed by atoms with E-state index in [0.29, 0.717) is 12.1 Å². The van der Waals surface area contributed by atoms with Crippen molar-refractivity contribution in [2.75, 3.05) is 24.6 Å². The molecule has 0 radical (unpaired) electrons. The van der Waals surface area contributed by atoms with Crippen molar-refractivity contribution in [3.05, 3.63) is 0 Å². The molecule has 1 saturated carbocycles. The Bertz CT molecular complexity index is 338. The van der Waals surface area contributed by atoms with Crippen LogP contribution in [0, 0.1) is 5.41 Å². The zero-order chi connectivity index (χ0) is 14.0. The first-order valence-corrected chi connectivity index (χ1v) is 8.38. The standard InChI is InChI=1S/C14H27N3OS/c1-10(2)18-12-9-11(14(12,3)4)16-13(15)17-5-7-19-8-6-17/h10-12H,5-9H2,1-4H3,(H2,15,16). The Labute approximate surface area is 121 Å². The van der Waals surface area contributed by atoms with Crippen LogP contribution in [0.4, 0.5) is 0 Å². The van der Waals surface area contributed by atoms with Crippen molar-refractivity contribution in [1.82, 2.24) is 4.90 Å². The fourth-order valence-corrected chi connectivity index (χ4v) is 3.58. The minimum atomic E-state index is 0.0967. The lowest BCUT2D eigenvalue weighted by Gasteiger charge is -2.50. The summed E-state index contributed by atoms with van der Waals surface area (Å²) in [5.41, 5.74) is 6.25. The van der Waals surface area contributed by atoms with Gasteiger partial charge in [0.15, 0.2) is 5.96 Å². The number of hydrogen-bond acceptors (Lipinski definition) is 3. The molecule has 1 heterocycles. The predicted octanol–water partition coefficient (Wildman–Crippen LogP) is 1.94. The van der Waals surface area contributed by atoms with E-state index in [0.717, 1.165) is 37.0 Å². The fourth-order valence-electron chi connectivity index (χ4n) is 2.68. The largest absolute Gasteiger partial charge is 0.375 e. The predicted molar refractivity (Wildman–Crippen MR) is 82.7 cm³/mol. The SMILES string of the molecule is CC(C)OC1CC(N=C(N)N2CCSCC2)C1(C)C. The van der Waals surface area contributed by atoms with Crippen molar-refractivity contribution >= 4 is 17.7 Å². The van der Waals surface area contributed by atoms with E-state index in [1.807, 2.05) is 11.8 Å². The van der Waals surface area contributed by atoms with Gasteiger partial charge in [0.1, 0.15) is 0 Å². The summed E-state index contributed by atoms with van der Waals surface area (Å²) < 4.78 is 5.93. The highest BCUT2D eigenvalue weighted by Crippen LogP contribution is 2.45. The molecule has 0 aromatic heterocycles. The average Bonchev–Trinajstić information content (AvgIpc) is 2.38. The molecule has 110 valence electrons. The van der Waals surface area contributed by atoms with E-state index >= 15 is 0 Å². The second-order valence-electron chi connectivity index (χ2n) is 6.33. The highest BCUT2D eigenvalue weighted by atomic mass is 32.2. The van der Waals surface area contributed by atoms with Crippen LogP contribution in [0.3, 0.4) is 0 Å². The molecule has 2 aliphatic rings. The normalized spacial score (nSPS) is 31.4. The van der Waals surface area contributed by atoms with Crippen LogP contribution in [0.5, 0.6) is 0 Å². The highest BCUT2D eigenvalue weighted by molar-refractivity contribution is 7.99. The van der Waals surface area contributed by atoms with Gasteiger partial charge in [0.05, 0.1) is 18.2 Å². The maximum atomic E-state index is 6.15. The molecule has 0 bridgehead atoms. The number of thioether (sulfide) groups is 1. The third-order valence-corrected chi connectivity index (χ3v) is 5.13. The van der Waals surface area contributed by atoms with Crippen LogP contribution in [-0.2, 0) is 4.74 Å². The van der Waals surface area contributed by atoms with Crippen molar-refractivity contribution in [2.45, 2.75) is 52.4 Å². The zero-order valence-corrected chi connectivity index (χ0v) is 13.4. The molecule has 1 aliphatic heterocycles. The number of guanidine groups is 1. The quantitative estimate of drug-likeness (QED) is 0.636. The van der Waals surface area contributed by atoms with Crippen molar-refractivity contribution in [3.63, 3.8) is 0 Å². The third-order valence-electron chi connectivity index (χ3n) is 4.19. The lowest BCUT2D eigenvalue weighted by Crippen LogP contribution is -2.56. The molecule has 2 rings (SSSR count). The number of hydrogen-bond donors (Lipinski definition) is 1. The van der Waals surface area contributed by atoms with Gasteiger partial charge in [-0.05, 0) is 20.3 Å². The Kier molecular flexibility index (Phi) is 4.66. The molecular formula is C14H27N3OS. The summed E-state index contributed by atoms with van der Waals surface area (Å²) >= 11 is 1.99. The van der Waals surface area contributed by atoms with Gasteiger partial charge in [0, 0.05) is 30.0 Å². The zero-order valence-electron chi connectivity index (χ0n) is 12.6. The van der Waals surface area contributed by atoms with E-state index < -0.39 is 0 Å². The molecule has 1 saturated heterocycles. The van der Waals surface area contributed by atoms with E-state index in [9.17, 15) is 0 Å². The van der Waals surface area contributed by atoms with Gasteiger partial charge in [-0.1, -0.05) is 13.8 Å². The molecular weight excluding hydrogens is 258 g/mol. The first kappa shape index (κ1) is 15.0. The van der Waals surface area contributed by atoms with Crippen LogP contribution < -0.4 is 5.73 Å². The number of nitrogens with zero attached hydrogens (tertiary/aromatic N) is 2. The molecule has 0 spiro atoms. The molecule has 2 fully saturated rings. The summed E-state index contributed by atoms with van der Waals surface area (Å²) in [6.07, 6.45) is 1.59. The minimum absolute atomic E-state index is 0.0967. The van der Waals surface area contributed by atoms with Crippen molar-refractivity contribution in [1.29, 1.82) is 0 Å². The molecule has 2 N–H and O–H groups in total. The average molecular weight is 285 g/mol. The number of rotatable bonds is 3. The van der Waals surface area contributed by atoms with E-state index in [2.05, 4.69) is 32.6 Å². The minimum Gasteiger partial charge on any atom is -0.375 e. The maximum Gasteiger partial charge on any atom is 0.191 e. The summed E-state index contributed by atoms with van der Waals surface area (Å²) in [4.78, 5) is 6.96. The van der Waals surface area contributed by atoms with Gasteiger partial charge >= 0.3 is 0 Å². The van der Waals surface area contributed by atoms with Gasteiger partial charge in [0.25, 0.3) is 0 Å². The molecule has 2 atom stereocenters. The van der Waals surface area contributed by atoms with Crippen molar-refractivity contribution < 1.29 is 4.74 Å². The second-order valence-corrected chi connectivity index (χ2v) is 7.56. The molecule has 5 heteroatoms. The molecule has 0 aromatic carbocycles. The van der Waals surface area contributed by atoms with E-state index in [1.54, 1.807) is 0 Å². The summed E-state index contributed by atoms with van der Waals surface area (Å²) in [6, 6.07) is 0.297. The Morgan fingerprint density at radius 2 is 2.00 bits per heavy atom. The monoisotopic (exact) mass is 285 g/mol. The Balaban J connectivity index is 1.92. The van der Waals surface area contributed by atoms with Crippen molar-refractivity contribution in [3.8, 4) is 0 Å². The molecule has 2 unspecified atom stereocenters. The number of aliphatic imine (C=N–C) groups is 1. The van der Waals surface area contributed by atoms with Gasteiger partial charge in [-0.15, -0.1) is 0 Å². The fraction of sp³-hybridized carbons (Fsp3) is 0.929. The molecule has 19 heavy (non-hydrogen) atoms. The van der Waals surface area contributed by atoms with Crippen LogP contribution in [0.1, 0.15) is 34.1 Å². The summed E-state index contributed by atoms with van der Waals surface area (Å²) in [7, 11) is 0. The summed E-state index contributed by atoms with van der Waals surface area (Å²) in [5.74, 6) is 3.04. The lowest BCUT2D eigenvalue weighted by atomic mass is 9.64. The Morgan fingerprint density at radius 3 is 2.53 bits per heavy atom.